The molecule has 1 aromatic heterocycles. The standard InChI is InChI=1S/C23H24ClNO3/c1-17(2)19-10-8-18(9-11-19)14-25(15-22-7-4-12-27-22)23(26)16-28-21-6-3-5-20(24)13-21/h3-13,17H,14-16H2,1-2H3. The highest BCUT2D eigenvalue weighted by atomic mass is 35.5. The third-order valence-electron chi connectivity index (χ3n) is 4.46. The zero-order valence-corrected chi connectivity index (χ0v) is 16.9. The van der Waals surface area contributed by atoms with Gasteiger partial charge in [-0.05, 0) is 47.4 Å². The van der Waals surface area contributed by atoms with E-state index in [0.717, 1.165) is 11.3 Å². The molecule has 4 nitrogen and oxygen atoms in total. The van der Waals surface area contributed by atoms with Gasteiger partial charge < -0.3 is 14.1 Å². The molecule has 0 aliphatic carbocycles. The molecule has 0 saturated heterocycles. The van der Waals surface area contributed by atoms with Crippen LogP contribution in [0.5, 0.6) is 5.75 Å². The summed E-state index contributed by atoms with van der Waals surface area (Å²) in [4.78, 5) is 14.6. The largest absolute Gasteiger partial charge is 0.484 e. The minimum atomic E-state index is -0.121. The number of hydrogen-bond donors (Lipinski definition) is 0. The molecule has 0 aliphatic rings. The molecule has 2 aromatic carbocycles. The first-order valence-electron chi connectivity index (χ1n) is 9.28. The monoisotopic (exact) mass is 397 g/mol. The molecule has 0 unspecified atom stereocenters. The second-order valence-corrected chi connectivity index (χ2v) is 7.41. The first kappa shape index (κ1) is 20.0. The van der Waals surface area contributed by atoms with Gasteiger partial charge in [0.2, 0.25) is 0 Å². The third kappa shape index (κ3) is 5.64. The number of furan rings is 1. The maximum Gasteiger partial charge on any atom is 0.261 e. The molecule has 0 radical (unpaired) electrons. The fraction of sp³-hybridized carbons (Fsp3) is 0.261. The number of benzene rings is 2. The Hall–Kier alpha value is -2.72. The number of ether oxygens (including phenoxy) is 1. The second-order valence-electron chi connectivity index (χ2n) is 6.97. The van der Waals surface area contributed by atoms with Crippen molar-refractivity contribution in [3.8, 4) is 5.75 Å². The van der Waals surface area contributed by atoms with Crippen LogP contribution in [-0.4, -0.2) is 17.4 Å². The summed E-state index contributed by atoms with van der Waals surface area (Å²) in [7, 11) is 0. The quantitative estimate of drug-likeness (QED) is 0.492. The minimum Gasteiger partial charge on any atom is -0.484 e. The predicted octanol–water partition coefficient (Wildman–Crippen LogP) is 5.66. The zero-order chi connectivity index (χ0) is 19.9. The zero-order valence-electron chi connectivity index (χ0n) is 16.1. The summed E-state index contributed by atoms with van der Waals surface area (Å²) < 4.78 is 11.1. The van der Waals surface area contributed by atoms with E-state index in [-0.39, 0.29) is 12.5 Å². The number of carbonyl (C=O) groups excluding carboxylic acids is 1. The Morgan fingerprint density at radius 3 is 2.50 bits per heavy atom. The highest BCUT2D eigenvalue weighted by Gasteiger charge is 2.17. The molecule has 0 aliphatic heterocycles. The van der Waals surface area contributed by atoms with Crippen LogP contribution in [0.3, 0.4) is 0 Å². The van der Waals surface area contributed by atoms with Crippen LogP contribution in [0, 0.1) is 0 Å². The van der Waals surface area contributed by atoms with Gasteiger partial charge >= 0.3 is 0 Å². The summed E-state index contributed by atoms with van der Waals surface area (Å²) in [5, 5.41) is 0.572. The molecule has 0 fully saturated rings. The van der Waals surface area contributed by atoms with Crippen molar-refractivity contribution in [3.63, 3.8) is 0 Å². The molecular weight excluding hydrogens is 374 g/mol. The lowest BCUT2D eigenvalue weighted by molar-refractivity contribution is -0.134. The third-order valence-corrected chi connectivity index (χ3v) is 4.69. The molecule has 3 aromatic rings. The average molecular weight is 398 g/mol. The van der Waals surface area contributed by atoms with Crippen molar-refractivity contribution in [2.45, 2.75) is 32.9 Å². The molecule has 28 heavy (non-hydrogen) atoms. The molecule has 1 heterocycles. The van der Waals surface area contributed by atoms with Crippen molar-refractivity contribution in [2.24, 2.45) is 0 Å². The lowest BCUT2D eigenvalue weighted by atomic mass is 10.0. The number of halogens is 1. The molecule has 146 valence electrons. The van der Waals surface area contributed by atoms with E-state index in [1.165, 1.54) is 5.56 Å². The molecule has 5 heteroatoms. The summed E-state index contributed by atoms with van der Waals surface area (Å²) in [5.74, 6) is 1.65. The van der Waals surface area contributed by atoms with Crippen LogP contribution in [0.4, 0.5) is 0 Å². The summed E-state index contributed by atoms with van der Waals surface area (Å²) in [6, 6.07) is 19.1. The van der Waals surface area contributed by atoms with E-state index in [4.69, 9.17) is 20.8 Å². The SMILES string of the molecule is CC(C)c1ccc(CN(Cc2ccco2)C(=O)COc2cccc(Cl)c2)cc1. The van der Waals surface area contributed by atoms with Crippen LogP contribution in [0.25, 0.3) is 0 Å². The van der Waals surface area contributed by atoms with Crippen molar-refractivity contribution in [1.29, 1.82) is 0 Å². The molecule has 0 spiro atoms. The smallest absolute Gasteiger partial charge is 0.261 e. The maximum absolute atomic E-state index is 12.8. The van der Waals surface area contributed by atoms with Gasteiger partial charge in [0.25, 0.3) is 5.91 Å². The first-order valence-corrected chi connectivity index (χ1v) is 9.66. The lowest BCUT2D eigenvalue weighted by Gasteiger charge is -2.22. The Kier molecular flexibility index (Phi) is 6.77. The van der Waals surface area contributed by atoms with E-state index in [1.54, 1.807) is 35.4 Å². The summed E-state index contributed by atoms with van der Waals surface area (Å²) in [5.41, 5.74) is 2.34. The van der Waals surface area contributed by atoms with E-state index in [2.05, 4.69) is 38.1 Å². The van der Waals surface area contributed by atoms with Gasteiger partial charge in [0.15, 0.2) is 6.61 Å². The Morgan fingerprint density at radius 2 is 1.86 bits per heavy atom. The Morgan fingerprint density at radius 1 is 1.07 bits per heavy atom. The fourth-order valence-electron chi connectivity index (χ4n) is 2.84. The van der Waals surface area contributed by atoms with Crippen molar-refractivity contribution >= 4 is 17.5 Å². The van der Waals surface area contributed by atoms with E-state index in [1.807, 2.05) is 12.1 Å². The molecule has 1 amide bonds. The fourth-order valence-corrected chi connectivity index (χ4v) is 3.02. The molecule has 0 atom stereocenters. The Balaban J connectivity index is 1.69. The van der Waals surface area contributed by atoms with Crippen molar-refractivity contribution in [2.75, 3.05) is 6.61 Å². The predicted molar refractivity (Wildman–Crippen MR) is 110 cm³/mol. The van der Waals surface area contributed by atoms with Crippen molar-refractivity contribution < 1.29 is 13.9 Å². The van der Waals surface area contributed by atoms with Gasteiger partial charge in [0, 0.05) is 11.6 Å². The highest BCUT2D eigenvalue weighted by molar-refractivity contribution is 6.30. The van der Waals surface area contributed by atoms with Gasteiger partial charge in [-0.3, -0.25) is 4.79 Å². The van der Waals surface area contributed by atoms with Crippen LogP contribution >= 0.6 is 11.6 Å². The van der Waals surface area contributed by atoms with Gasteiger partial charge in [0.1, 0.15) is 11.5 Å². The summed E-state index contributed by atoms with van der Waals surface area (Å²) in [6.45, 7) is 5.13. The van der Waals surface area contributed by atoms with Gasteiger partial charge in [-0.15, -0.1) is 0 Å². The Bertz CT molecular complexity index is 888. The van der Waals surface area contributed by atoms with Gasteiger partial charge in [-0.1, -0.05) is 55.8 Å². The number of carbonyl (C=O) groups is 1. The Labute approximate surface area is 170 Å². The number of amides is 1. The number of hydrogen-bond acceptors (Lipinski definition) is 3. The van der Waals surface area contributed by atoms with E-state index >= 15 is 0 Å². The highest BCUT2D eigenvalue weighted by Crippen LogP contribution is 2.19. The normalized spacial score (nSPS) is 10.9. The van der Waals surface area contributed by atoms with E-state index < -0.39 is 0 Å². The lowest BCUT2D eigenvalue weighted by Crippen LogP contribution is -2.34. The first-order chi connectivity index (χ1) is 13.5. The van der Waals surface area contributed by atoms with E-state index in [9.17, 15) is 4.79 Å². The minimum absolute atomic E-state index is 0.0644. The van der Waals surface area contributed by atoms with Crippen LogP contribution in [0.2, 0.25) is 5.02 Å². The number of nitrogens with zero attached hydrogens (tertiary/aromatic N) is 1. The number of rotatable bonds is 8. The molecule has 0 bridgehead atoms. The second kappa shape index (κ2) is 9.47. The maximum atomic E-state index is 12.8. The van der Waals surface area contributed by atoms with Gasteiger partial charge in [-0.25, -0.2) is 0 Å². The molecular formula is C23H24ClNO3. The van der Waals surface area contributed by atoms with E-state index in [0.29, 0.717) is 29.8 Å². The van der Waals surface area contributed by atoms with Gasteiger partial charge in [-0.2, -0.15) is 0 Å². The van der Waals surface area contributed by atoms with Crippen LogP contribution in [0.1, 0.15) is 36.7 Å². The van der Waals surface area contributed by atoms with Crippen LogP contribution < -0.4 is 4.74 Å². The molecule has 0 saturated carbocycles. The molecule has 0 N–H and O–H groups in total. The van der Waals surface area contributed by atoms with Crippen LogP contribution in [0.15, 0.2) is 71.3 Å². The summed E-state index contributed by atoms with van der Waals surface area (Å²) in [6.07, 6.45) is 1.61. The van der Waals surface area contributed by atoms with Crippen molar-refractivity contribution in [3.05, 3.63) is 88.8 Å². The topological polar surface area (TPSA) is 42.7 Å². The summed E-state index contributed by atoms with van der Waals surface area (Å²) >= 11 is 5.97. The van der Waals surface area contributed by atoms with Crippen molar-refractivity contribution in [1.82, 2.24) is 4.90 Å². The molecule has 3 rings (SSSR count). The van der Waals surface area contributed by atoms with Crippen LogP contribution in [-0.2, 0) is 17.9 Å². The average Bonchev–Trinajstić information content (AvgIpc) is 3.19. The van der Waals surface area contributed by atoms with Gasteiger partial charge in [0.05, 0.1) is 12.8 Å².